The third-order valence-corrected chi connectivity index (χ3v) is 2.87. The number of aryl methyl sites for hydroxylation is 1. The van der Waals surface area contributed by atoms with Gasteiger partial charge in [0.15, 0.2) is 0 Å². The Balaban J connectivity index is 2.24. The van der Waals surface area contributed by atoms with Crippen LogP contribution >= 0.6 is 34.5 Å². The Kier molecular flexibility index (Phi) is 3.05. The van der Waals surface area contributed by atoms with Crippen LogP contribution in [0.25, 0.3) is 11.5 Å². The summed E-state index contributed by atoms with van der Waals surface area (Å²) in [5.41, 5.74) is 0.855. The number of nitrogens with zero attached hydrogens (tertiary/aromatic N) is 2. The average Bonchev–Trinajstić information content (AvgIpc) is 2.74. The summed E-state index contributed by atoms with van der Waals surface area (Å²) in [4.78, 5) is 0. The minimum atomic E-state index is 0.478. The van der Waals surface area contributed by atoms with E-state index in [1.165, 1.54) is 11.3 Å². The van der Waals surface area contributed by atoms with E-state index in [9.17, 15) is 0 Å². The molecule has 0 aromatic carbocycles. The van der Waals surface area contributed by atoms with Crippen LogP contribution in [0.2, 0.25) is 4.34 Å². The molecule has 0 saturated heterocycles. The molecule has 0 aliphatic carbocycles. The van der Waals surface area contributed by atoms with Crippen molar-refractivity contribution in [2.75, 3.05) is 5.88 Å². The van der Waals surface area contributed by atoms with Gasteiger partial charge in [-0.2, -0.15) is 0 Å². The third-order valence-electron chi connectivity index (χ3n) is 1.59. The van der Waals surface area contributed by atoms with Crippen LogP contribution in [0.1, 0.15) is 5.89 Å². The number of rotatable bonds is 3. The molecule has 0 bridgehead atoms. The number of hydrogen-bond donors (Lipinski definition) is 0. The molecule has 6 heteroatoms. The summed E-state index contributed by atoms with van der Waals surface area (Å²) in [7, 11) is 0. The molecule has 0 atom stereocenters. The summed E-state index contributed by atoms with van der Waals surface area (Å²) in [6.45, 7) is 0. The molecular weight excluding hydrogens is 243 g/mol. The van der Waals surface area contributed by atoms with Crippen molar-refractivity contribution in [3.63, 3.8) is 0 Å². The van der Waals surface area contributed by atoms with Crippen molar-refractivity contribution in [1.82, 2.24) is 10.2 Å². The van der Waals surface area contributed by atoms with Crippen molar-refractivity contribution in [3.05, 3.63) is 21.7 Å². The molecule has 3 nitrogen and oxygen atoms in total. The molecule has 0 spiro atoms. The van der Waals surface area contributed by atoms with Gasteiger partial charge in [-0.05, 0) is 6.07 Å². The number of halogens is 2. The fourth-order valence-corrected chi connectivity index (χ4v) is 1.99. The second-order valence-electron chi connectivity index (χ2n) is 2.58. The molecule has 2 rings (SSSR count). The molecule has 0 radical (unpaired) electrons. The highest BCUT2D eigenvalue weighted by atomic mass is 35.5. The maximum absolute atomic E-state index is 5.79. The Morgan fingerprint density at radius 3 is 2.93 bits per heavy atom. The Labute approximate surface area is 94.7 Å². The number of alkyl halides is 1. The maximum atomic E-state index is 5.79. The van der Waals surface area contributed by atoms with E-state index < -0.39 is 0 Å². The van der Waals surface area contributed by atoms with Crippen LogP contribution in [0.15, 0.2) is 15.9 Å². The van der Waals surface area contributed by atoms with Gasteiger partial charge in [0.1, 0.15) is 0 Å². The van der Waals surface area contributed by atoms with Crippen molar-refractivity contribution < 1.29 is 4.42 Å². The highest BCUT2D eigenvalue weighted by Crippen LogP contribution is 2.27. The maximum Gasteiger partial charge on any atom is 0.248 e. The minimum absolute atomic E-state index is 0.478. The highest BCUT2D eigenvalue weighted by molar-refractivity contribution is 7.14. The van der Waals surface area contributed by atoms with Gasteiger partial charge < -0.3 is 4.42 Å². The Morgan fingerprint density at radius 2 is 2.29 bits per heavy atom. The zero-order valence-corrected chi connectivity index (χ0v) is 9.36. The first-order valence-corrected chi connectivity index (χ1v) is 5.71. The molecule has 0 unspecified atom stereocenters. The monoisotopic (exact) mass is 248 g/mol. The zero-order chi connectivity index (χ0) is 9.97. The van der Waals surface area contributed by atoms with Gasteiger partial charge in [0.25, 0.3) is 0 Å². The number of thiophene rings is 1. The molecule has 0 aliphatic rings. The lowest BCUT2D eigenvalue weighted by atomic mass is 10.3. The van der Waals surface area contributed by atoms with E-state index in [0.29, 0.717) is 28.4 Å². The molecule has 0 fully saturated rings. The van der Waals surface area contributed by atoms with Gasteiger partial charge in [0.2, 0.25) is 11.8 Å². The van der Waals surface area contributed by atoms with Gasteiger partial charge in [-0.3, -0.25) is 0 Å². The van der Waals surface area contributed by atoms with Gasteiger partial charge in [0, 0.05) is 17.7 Å². The fraction of sp³-hybridized carbons (Fsp3) is 0.250. The summed E-state index contributed by atoms with van der Waals surface area (Å²) in [6.07, 6.45) is 0.590. The largest absolute Gasteiger partial charge is 0.421 e. The van der Waals surface area contributed by atoms with Crippen LogP contribution in [0.4, 0.5) is 0 Å². The lowest BCUT2D eigenvalue weighted by Gasteiger charge is -1.86. The van der Waals surface area contributed by atoms with E-state index in [4.69, 9.17) is 27.6 Å². The predicted octanol–water partition coefficient (Wildman–Crippen LogP) is 3.23. The first-order valence-electron chi connectivity index (χ1n) is 3.92. The Bertz CT molecular complexity index is 426. The van der Waals surface area contributed by atoms with Crippen LogP contribution in [0.5, 0.6) is 0 Å². The quantitative estimate of drug-likeness (QED) is 0.784. The van der Waals surface area contributed by atoms with Gasteiger partial charge >= 0.3 is 0 Å². The van der Waals surface area contributed by atoms with Crippen LogP contribution in [-0.4, -0.2) is 16.1 Å². The van der Waals surface area contributed by atoms with E-state index in [0.717, 1.165) is 5.56 Å². The molecule has 2 aromatic rings. The van der Waals surface area contributed by atoms with Gasteiger partial charge in [-0.25, -0.2) is 0 Å². The van der Waals surface area contributed by atoms with Gasteiger partial charge in [-0.1, -0.05) is 11.6 Å². The number of aromatic nitrogens is 2. The smallest absolute Gasteiger partial charge is 0.248 e. The van der Waals surface area contributed by atoms with Crippen molar-refractivity contribution in [2.45, 2.75) is 6.42 Å². The molecule has 0 N–H and O–H groups in total. The first kappa shape index (κ1) is 9.96. The third kappa shape index (κ3) is 2.08. The molecule has 2 heterocycles. The van der Waals surface area contributed by atoms with E-state index in [-0.39, 0.29) is 0 Å². The molecule has 0 saturated carbocycles. The normalized spacial score (nSPS) is 10.7. The van der Waals surface area contributed by atoms with E-state index in [1.807, 2.05) is 5.38 Å². The molecule has 2 aromatic heterocycles. The SMILES string of the molecule is ClCCc1nnc(-c2csc(Cl)c2)o1. The summed E-state index contributed by atoms with van der Waals surface area (Å²) in [5, 5.41) is 9.62. The lowest BCUT2D eigenvalue weighted by Crippen LogP contribution is -1.84. The van der Waals surface area contributed by atoms with Crippen molar-refractivity contribution in [2.24, 2.45) is 0 Å². The summed E-state index contributed by atoms with van der Waals surface area (Å²) >= 11 is 12.8. The summed E-state index contributed by atoms with van der Waals surface area (Å²) < 4.78 is 6.07. The Hall–Kier alpha value is -0.580. The number of hydrogen-bond acceptors (Lipinski definition) is 4. The predicted molar refractivity (Wildman–Crippen MR) is 57.0 cm³/mol. The summed E-state index contributed by atoms with van der Waals surface area (Å²) in [5.74, 6) is 1.53. The van der Waals surface area contributed by atoms with Crippen molar-refractivity contribution in [1.29, 1.82) is 0 Å². The van der Waals surface area contributed by atoms with Crippen molar-refractivity contribution >= 4 is 34.5 Å². The second-order valence-corrected chi connectivity index (χ2v) is 4.50. The standard InChI is InChI=1S/C8H6Cl2N2OS/c9-2-1-7-11-12-8(13-7)5-3-6(10)14-4-5/h3-4H,1-2H2. The topological polar surface area (TPSA) is 38.9 Å². The zero-order valence-electron chi connectivity index (χ0n) is 7.04. The van der Waals surface area contributed by atoms with E-state index in [2.05, 4.69) is 10.2 Å². The summed E-state index contributed by atoms with van der Waals surface area (Å²) in [6, 6.07) is 1.80. The van der Waals surface area contributed by atoms with Crippen LogP contribution in [0.3, 0.4) is 0 Å². The molecule has 14 heavy (non-hydrogen) atoms. The molecule has 74 valence electrons. The fourth-order valence-electron chi connectivity index (χ4n) is 0.974. The van der Waals surface area contributed by atoms with Crippen molar-refractivity contribution in [3.8, 4) is 11.5 Å². The van der Waals surface area contributed by atoms with Crippen LogP contribution in [0, 0.1) is 0 Å². The molecule has 0 amide bonds. The lowest BCUT2D eigenvalue weighted by molar-refractivity contribution is 0.514. The second kappa shape index (κ2) is 4.29. The minimum Gasteiger partial charge on any atom is -0.421 e. The first-order chi connectivity index (χ1) is 6.79. The Morgan fingerprint density at radius 1 is 1.43 bits per heavy atom. The van der Waals surface area contributed by atoms with Gasteiger partial charge in [-0.15, -0.1) is 33.1 Å². The van der Waals surface area contributed by atoms with Gasteiger partial charge in [0.05, 0.1) is 9.90 Å². The van der Waals surface area contributed by atoms with Crippen LogP contribution in [-0.2, 0) is 6.42 Å². The highest BCUT2D eigenvalue weighted by Gasteiger charge is 2.09. The van der Waals surface area contributed by atoms with Crippen LogP contribution < -0.4 is 0 Å². The average molecular weight is 249 g/mol. The van der Waals surface area contributed by atoms with E-state index >= 15 is 0 Å². The van der Waals surface area contributed by atoms with E-state index in [1.54, 1.807) is 6.07 Å². The molecule has 0 aliphatic heterocycles. The molecular formula is C8H6Cl2N2OS.